The molecule has 5 rings (SSSR count). The smallest absolute Gasteiger partial charge is 0.338 e. The summed E-state index contributed by atoms with van der Waals surface area (Å²) >= 11 is 0. The van der Waals surface area contributed by atoms with E-state index in [1.54, 1.807) is 31.2 Å². The number of fused-ring (bicyclic) bond motifs is 6. The van der Waals surface area contributed by atoms with Gasteiger partial charge >= 0.3 is 11.9 Å². The van der Waals surface area contributed by atoms with E-state index in [-0.39, 0.29) is 29.5 Å². The molecule has 10 atom stereocenters. The van der Waals surface area contributed by atoms with Gasteiger partial charge in [-0.2, -0.15) is 0 Å². The Morgan fingerprint density at radius 2 is 1.81 bits per heavy atom. The molecule has 1 aromatic rings. The molecule has 6 heteroatoms. The number of aliphatic carboxylic acids is 1. The predicted molar refractivity (Wildman–Crippen MR) is 111 cm³/mol. The summed E-state index contributed by atoms with van der Waals surface area (Å²) in [5, 5.41) is 21.0. The van der Waals surface area contributed by atoms with Crippen molar-refractivity contribution in [3.05, 3.63) is 48.0 Å². The lowest BCUT2D eigenvalue weighted by Gasteiger charge is -2.56. The lowest BCUT2D eigenvalue weighted by molar-refractivity contribution is -0.191. The first-order chi connectivity index (χ1) is 14.8. The van der Waals surface area contributed by atoms with Crippen LogP contribution in [-0.2, 0) is 14.3 Å². The molecule has 2 N–H and O–H groups in total. The molecule has 0 saturated heterocycles. The van der Waals surface area contributed by atoms with Crippen molar-refractivity contribution >= 4 is 17.7 Å². The van der Waals surface area contributed by atoms with E-state index in [0.717, 1.165) is 0 Å². The van der Waals surface area contributed by atoms with Crippen LogP contribution in [0.1, 0.15) is 37.0 Å². The number of allylic oxidation sites excluding steroid dienone is 2. The lowest BCUT2D eigenvalue weighted by Crippen LogP contribution is -2.67. The van der Waals surface area contributed by atoms with Gasteiger partial charge < -0.3 is 14.9 Å². The van der Waals surface area contributed by atoms with Crippen molar-refractivity contribution in [1.82, 2.24) is 0 Å². The van der Waals surface area contributed by atoms with E-state index in [9.17, 15) is 24.6 Å². The average Bonchev–Trinajstić information content (AvgIpc) is 3.30. The second-order valence-corrected chi connectivity index (χ2v) is 9.90. The maximum absolute atomic E-state index is 13.9. The SMILES string of the molecule is C[C@@H]1C=C[C@H](C)[C@H]2C(OC(=O)c3ccccc3)C3C(C(=O)[C@]12C(=O)O)[C@@H]1C[C@H]3C[C@H]1O. The number of benzene rings is 1. The average molecular weight is 424 g/mol. The molecule has 0 amide bonds. The number of aliphatic hydroxyl groups is 1. The van der Waals surface area contributed by atoms with E-state index in [1.807, 2.05) is 25.1 Å². The van der Waals surface area contributed by atoms with Gasteiger partial charge in [-0.3, -0.25) is 9.59 Å². The highest BCUT2D eigenvalue weighted by Crippen LogP contribution is 2.65. The minimum Gasteiger partial charge on any atom is -0.480 e. The van der Waals surface area contributed by atoms with Crippen LogP contribution in [0.5, 0.6) is 0 Å². The van der Waals surface area contributed by atoms with Crippen LogP contribution in [0.2, 0.25) is 0 Å². The molecule has 0 spiro atoms. The number of aliphatic hydroxyl groups excluding tert-OH is 1. The molecule has 4 aliphatic carbocycles. The molecule has 3 unspecified atom stereocenters. The quantitative estimate of drug-likeness (QED) is 0.440. The van der Waals surface area contributed by atoms with Crippen LogP contribution in [0.4, 0.5) is 0 Å². The summed E-state index contributed by atoms with van der Waals surface area (Å²) in [4.78, 5) is 39.8. The van der Waals surface area contributed by atoms with Gasteiger partial charge in [-0.05, 0) is 48.6 Å². The highest BCUT2D eigenvalue weighted by Gasteiger charge is 2.73. The number of carboxylic acids is 1. The van der Waals surface area contributed by atoms with Gasteiger partial charge in [0.05, 0.1) is 11.7 Å². The first kappa shape index (κ1) is 20.4. The molecule has 0 heterocycles. The van der Waals surface area contributed by atoms with Gasteiger partial charge in [0.2, 0.25) is 0 Å². The summed E-state index contributed by atoms with van der Waals surface area (Å²) in [6.07, 6.45) is 3.74. The number of esters is 1. The molecule has 3 fully saturated rings. The monoisotopic (exact) mass is 424 g/mol. The molecule has 1 aromatic carbocycles. The van der Waals surface area contributed by atoms with Gasteiger partial charge in [-0.1, -0.05) is 44.2 Å². The van der Waals surface area contributed by atoms with Crippen molar-refractivity contribution in [2.24, 2.45) is 46.8 Å². The van der Waals surface area contributed by atoms with Gasteiger partial charge in [0.25, 0.3) is 0 Å². The molecule has 0 aliphatic heterocycles. The Hall–Kier alpha value is -2.47. The molecular formula is C25H28O6. The molecule has 164 valence electrons. The Bertz CT molecular complexity index is 954. The third-order valence-corrected chi connectivity index (χ3v) is 8.60. The highest BCUT2D eigenvalue weighted by atomic mass is 16.5. The number of carbonyl (C=O) groups is 3. The van der Waals surface area contributed by atoms with E-state index in [4.69, 9.17) is 4.74 Å². The van der Waals surface area contributed by atoms with Crippen LogP contribution < -0.4 is 0 Å². The van der Waals surface area contributed by atoms with Crippen molar-refractivity contribution in [3.63, 3.8) is 0 Å². The predicted octanol–water partition coefficient (Wildman–Crippen LogP) is 2.96. The van der Waals surface area contributed by atoms with E-state index in [0.29, 0.717) is 18.4 Å². The van der Waals surface area contributed by atoms with Crippen molar-refractivity contribution in [1.29, 1.82) is 0 Å². The molecule has 0 radical (unpaired) electrons. The molecule has 2 bridgehead atoms. The Morgan fingerprint density at radius 3 is 2.48 bits per heavy atom. The number of hydrogen-bond donors (Lipinski definition) is 2. The summed E-state index contributed by atoms with van der Waals surface area (Å²) in [6.45, 7) is 3.67. The Kier molecular flexibility index (Phi) is 4.63. The van der Waals surface area contributed by atoms with Crippen molar-refractivity contribution < 1.29 is 29.3 Å². The first-order valence-electron chi connectivity index (χ1n) is 11.2. The van der Waals surface area contributed by atoms with E-state index >= 15 is 0 Å². The Labute approximate surface area is 181 Å². The molecule has 0 aromatic heterocycles. The highest BCUT2D eigenvalue weighted by molar-refractivity contribution is 6.07. The number of rotatable bonds is 3. The zero-order chi connectivity index (χ0) is 22.1. The number of ketones is 1. The number of carbonyl (C=O) groups excluding carboxylic acids is 2. The van der Waals surface area contributed by atoms with Crippen LogP contribution >= 0.6 is 0 Å². The van der Waals surface area contributed by atoms with Crippen LogP contribution in [0.15, 0.2) is 42.5 Å². The Balaban J connectivity index is 1.64. The van der Waals surface area contributed by atoms with Crippen molar-refractivity contribution in [3.8, 4) is 0 Å². The van der Waals surface area contributed by atoms with Gasteiger partial charge in [0.15, 0.2) is 5.78 Å². The summed E-state index contributed by atoms with van der Waals surface area (Å²) < 4.78 is 6.12. The standard InChI is InChI=1S/C25H28O6/c1-12-8-9-13(2)25(24(29)30)20(12)21(31-23(28)14-6-4-3-5-7-14)18-15-10-16(17(26)11-15)19(18)22(25)27/h3-9,12-13,15-21,26H,10-11H2,1-2H3,(H,29,30)/t12-,13+,15-,16+,17+,18?,19?,20-,21?,25-/m0/s1. The summed E-state index contributed by atoms with van der Waals surface area (Å²) in [5.41, 5.74) is -1.24. The summed E-state index contributed by atoms with van der Waals surface area (Å²) in [5.74, 6) is -4.33. The van der Waals surface area contributed by atoms with Crippen LogP contribution in [-0.4, -0.2) is 40.1 Å². The second-order valence-electron chi connectivity index (χ2n) is 9.90. The van der Waals surface area contributed by atoms with E-state index in [2.05, 4.69) is 0 Å². The fraction of sp³-hybridized carbons (Fsp3) is 0.560. The summed E-state index contributed by atoms with van der Waals surface area (Å²) in [7, 11) is 0. The van der Waals surface area contributed by atoms with Gasteiger partial charge in [-0.25, -0.2) is 4.79 Å². The minimum absolute atomic E-state index is 0.0581. The fourth-order valence-corrected chi connectivity index (χ4v) is 7.36. The second kappa shape index (κ2) is 7.02. The zero-order valence-corrected chi connectivity index (χ0v) is 17.7. The lowest BCUT2D eigenvalue weighted by atomic mass is 9.46. The van der Waals surface area contributed by atoms with Gasteiger partial charge in [0, 0.05) is 17.8 Å². The first-order valence-corrected chi connectivity index (χ1v) is 11.2. The van der Waals surface area contributed by atoms with Crippen molar-refractivity contribution in [2.45, 2.75) is 38.9 Å². The van der Waals surface area contributed by atoms with E-state index in [1.165, 1.54) is 0 Å². The third-order valence-electron chi connectivity index (χ3n) is 8.60. The van der Waals surface area contributed by atoms with Crippen LogP contribution in [0.25, 0.3) is 0 Å². The van der Waals surface area contributed by atoms with Crippen LogP contribution in [0.3, 0.4) is 0 Å². The topological polar surface area (TPSA) is 101 Å². The molecular weight excluding hydrogens is 396 g/mol. The van der Waals surface area contributed by atoms with Gasteiger partial charge in [0.1, 0.15) is 11.5 Å². The number of ether oxygens (including phenoxy) is 1. The number of carboxylic acid groups (broad SMARTS) is 1. The zero-order valence-electron chi connectivity index (χ0n) is 17.7. The fourth-order valence-electron chi connectivity index (χ4n) is 7.36. The molecule has 6 nitrogen and oxygen atoms in total. The number of hydrogen-bond acceptors (Lipinski definition) is 5. The van der Waals surface area contributed by atoms with E-state index < -0.39 is 47.3 Å². The minimum atomic E-state index is -1.65. The normalized spacial score (nSPS) is 45.1. The third kappa shape index (κ3) is 2.63. The summed E-state index contributed by atoms with van der Waals surface area (Å²) in [6, 6.07) is 8.68. The van der Waals surface area contributed by atoms with Crippen molar-refractivity contribution in [2.75, 3.05) is 0 Å². The maximum Gasteiger partial charge on any atom is 0.338 e. The van der Waals surface area contributed by atoms with Crippen LogP contribution in [0, 0.1) is 46.8 Å². The molecule has 31 heavy (non-hydrogen) atoms. The Morgan fingerprint density at radius 1 is 1.10 bits per heavy atom. The number of Topliss-reactive ketones (excluding diaryl/α,β-unsaturated/α-hetero) is 1. The largest absolute Gasteiger partial charge is 0.480 e. The van der Waals surface area contributed by atoms with Gasteiger partial charge in [-0.15, -0.1) is 0 Å². The maximum atomic E-state index is 13.9. The molecule has 4 aliphatic rings. The molecule has 3 saturated carbocycles.